The van der Waals surface area contributed by atoms with Crippen molar-refractivity contribution in [1.29, 1.82) is 0 Å². The fourth-order valence-electron chi connectivity index (χ4n) is 2.27. The SMILES string of the molecule is C=C(/C=C(\C)C(C)(C)COC)NC(=O)C(C)(C)C.CC.CC.CC1CCNCC1.CS.O.O.O. The third kappa shape index (κ3) is 29.1. The number of carbonyl (C=O) groups excluding carboxylic acids is 1. The van der Waals surface area contributed by atoms with Gasteiger partial charge in [0.2, 0.25) is 5.91 Å². The Bertz CT molecular complexity index is 470. The van der Waals surface area contributed by atoms with E-state index in [4.69, 9.17) is 4.74 Å². The quantitative estimate of drug-likeness (QED) is 0.369. The molecule has 1 rings (SSSR count). The molecule has 0 aromatic heterocycles. The fourth-order valence-corrected chi connectivity index (χ4v) is 2.27. The number of allylic oxidation sites excluding steroid dienone is 1. The lowest BCUT2D eigenvalue weighted by molar-refractivity contribution is -0.127. The maximum absolute atomic E-state index is 11.8. The highest BCUT2D eigenvalue weighted by atomic mass is 32.1. The second-order valence-corrected chi connectivity index (χ2v) is 8.81. The monoisotopic (exact) mass is 514 g/mol. The number of thiol groups is 1. The minimum atomic E-state index is -0.410. The van der Waals surface area contributed by atoms with Gasteiger partial charge in [0.25, 0.3) is 0 Å². The van der Waals surface area contributed by atoms with Gasteiger partial charge < -0.3 is 31.8 Å². The second-order valence-electron chi connectivity index (χ2n) is 8.81. The van der Waals surface area contributed by atoms with Gasteiger partial charge >= 0.3 is 0 Å². The Hall–Kier alpha value is -0.900. The van der Waals surface area contributed by atoms with Gasteiger partial charge in [0, 0.05) is 23.6 Å². The molecule has 0 atom stereocenters. The zero-order chi connectivity index (χ0) is 25.7. The van der Waals surface area contributed by atoms with Crippen molar-refractivity contribution in [3.8, 4) is 0 Å². The van der Waals surface area contributed by atoms with Gasteiger partial charge in [0.05, 0.1) is 6.61 Å². The van der Waals surface area contributed by atoms with Crippen LogP contribution in [-0.2, 0) is 9.53 Å². The van der Waals surface area contributed by atoms with E-state index in [1.807, 2.05) is 61.5 Å². The highest BCUT2D eigenvalue weighted by Crippen LogP contribution is 2.26. The molecule has 212 valence electrons. The van der Waals surface area contributed by atoms with Gasteiger partial charge in [-0.2, -0.15) is 12.6 Å². The number of amides is 1. The topological polar surface area (TPSA) is 145 Å². The first kappa shape index (κ1) is 50.1. The fraction of sp³-hybridized carbons (Fsp3) is 0.808. The van der Waals surface area contributed by atoms with Crippen LogP contribution in [0.4, 0.5) is 0 Å². The van der Waals surface area contributed by atoms with Crippen LogP contribution >= 0.6 is 12.6 Å². The van der Waals surface area contributed by atoms with E-state index in [1.165, 1.54) is 25.9 Å². The Kier molecular flexibility index (Phi) is 44.4. The highest BCUT2D eigenvalue weighted by molar-refractivity contribution is 7.79. The summed E-state index contributed by atoms with van der Waals surface area (Å²) in [6, 6.07) is 0. The summed E-state index contributed by atoms with van der Waals surface area (Å²) in [5.74, 6) is 0.947. The van der Waals surface area contributed by atoms with Crippen LogP contribution in [0, 0.1) is 16.7 Å². The van der Waals surface area contributed by atoms with Crippen LogP contribution in [-0.4, -0.2) is 55.4 Å². The van der Waals surface area contributed by atoms with Crippen LogP contribution in [0.2, 0.25) is 0 Å². The molecule has 34 heavy (non-hydrogen) atoms. The van der Waals surface area contributed by atoms with Crippen molar-refractivity contribution in [2.45, 2.75) is 89.0 Å². The number of ether oxygens (including phenoxy) is 1. The van der Waals surface area contributed by atoms with Gasteiger partial charge in [-0.1, -0.05) is 81.4 Å². The molecule has 0 spiro atoms. The predicted molar refractivity (Wildman–Crippen MR) is 156 cm³/mol. The van der Waals surface area contributed by atoms with E-state index in [0.29, 0.717) is 12.3 Å². The predicted octanol–water partition coefficient (Wildman–Crippen LogP) is 4.41. The van der Waals surface area contributed by atoms with Gasteiger partial charge in [-0.3, -0.25) is 4.79 Å². The van der Waals surface area contributed by atoms with Crippen molar-refractivity contribution in [2.24, 2.45) is 16.7 Å². The van der Waals surface area contributed by atoms with E-state index >= 15 is 0 Å². The summed E-state index contributed by atoms with van der Waals surface area (Å²) in [5, 5.41) is 6.13. The Morgan fingerprint density at radius 2 is 1.41 bits per heavy atom. The molecule has 0 aromatic carbocycles. The summed E-state index contributed by atoms with van der Waals surface area (Å²) in [6.07, 6.45) is 6.35. The van der Waals surface area contributed by atoms with E-state index in [9.17, 15) is 4.79 Å². The third-order valence-electron chi connectivity index (χ3n) is 4.55. The number of rotatable bonds is 5. The standard InChI is InChI=1S/C15H27NO2.C6H13N.2C2H6.CH4S.3H2O/c1-11(15(6,7)10-18-8)9-12(2)16-13(17)14(3,4)5;1-6-2-4-7-5-3-6;3*1-2;;;/h9H,2,10H2,1,3-8H3,(H,16,17);6-7H,2-5H2,1H3;2*1-2H3;2H,1H3;3*1H2/b11-9+;;;;;;;. The van der Waals surface area contributed by atoms with Gasteiger partial charge in [0.15, 0.2) is 0 Å². The molecule has 8 N–H and O–H groups in total. The molecule has 1 heterocycles. The Labute approximate surface area is 217 Å². The molecule has 0 radical (unpaired) electrons. The molecule has 0 unspecified atom stereocenters. The normalized spacial score (nSPS) is 12.8. The molecule has 0 aliphatic carbocycles. The molecule has 1 amide bonds. The number of piperidine rings is 1. The third-order valence-corrected chi connectivity index (χ3v) is 4.55. The molecule has 0 bridgehead atoms. The minimum absolute atomic E-state index is 0. The first-order valence-electron chi connectivity index (χ1n) is 11.7. The van der Waals surface area contributed by atoms with Crippen LogP contribution < -0.4 is 10.6 Å². The van der Waals surface area contributed by atoms with Gasteiger partial charge in [0.1, 0.15) is 0 Å². The maximum atomic E-state index is 11.8. The summed E-state index contributed by atoms with van der Waals surface area (Å²) in [4.78, 5) is 11.8. The summed E-state index contributed by atoms with van der Waals surface area (Å²) >= 11 is 3.53. The summed E-state index contributed by atoms with van der Waals surface area (Å²) < 4.78 is 5.19. The van der Waals surface area contributed by atoms with Gasteiger partial charge in [-0.15, -0.1) is 0 Å². The number of carbonyl (C=O) groups is 1. The molecular formula is C26H62N2O5S. The average molecular weight is 515 g/mol. The van der Waals surface area contributed by atoms with E-state index in [0.717, 1.165) is 11.5 Å². The lowest BCUT2D eigenvalue weighted by atomic mass is 9.85. The van der Waals surface area contributed by atoms with Crippen LogP contribution in [0.25, 0.3) is 0 Å². The van der Waals surface area contributed by atoms with E-state index in [1.54, 1.807) is 13.4 Å². The van der Waals surface area contributed by atoms with Gasteiger partial charge in [-0.05, 0) is 51.1 Å². The number of nitrogens with one attached hydrogen (secondary N) is 2. The van der Waals surface area contributed by atoms with E-state index in [-0.39, 0.29) is 27.8 Å². The van der Waals surface area contributed by atoms with Crippen LogP contribution in [0.3, 0.4) is 0 Å². The molecule has 1 saturated heterocycles. The molecule has 0 saturated carbocycles. The van der Waals surface area contributed by atoms with Crippen molar-refractivity contribution in [3.05, 3.63) is 23.9 Å². The zero-order valence-corrected chi connectivity index (χ0v) is 25.6. The van der Waals surface area contributed by atoms with E-state index in [2.05, 4.69) is 50.6 Å². The van der Waals surface area contributed by atoms with Crippen molar-refractivity contribution < 1.29 is 26.0 Å². The number of methoxy groups -OCH3 is 1. The zero-order valence-electron chi connectivity index (χ0n) is 24.7. The summed E-state index contributed by atoms with van der Waals surface area (Å²) in [6.45, 7) is 29.1. The highest BCUT2D eigenvalue weighted by Gasteiger charge is 2.23. The Morgan fingerprint density at radius 3 is 1.68 bits per heavy atom. The minimum Gasteiger partial charge on any atom is -0.412 e. The molecular weight excluding hydrogens is 452 g/mol. The Balaban J connectivity index is -0.0000000764. The molecule has 0 aromatic rings. The maximum Gasteiger partial charge on any atom is 0.229 e. The Morgan fingerprint density at radius 1 is 1.03 bits per heavy atom. The van der Waals surface area contributed by atoms with Crippen molar-refractivity contribution in [3.63, 3.8) is 0 Å². The smallest absolute Gasteiger partial charge is 0.229 e. The van der Waals surface area contributed by atoms with Crippen LogP contribution in [0.1, 0.15) is 89.0 Å². The van der Waals surface area contributed by atoms with Crippen LogP contribution in [0.5, 0.6) is 0 Å². The van der Waals surface area contributed by atoms with Crippen molar-refractivity contribution >= 4 is 18.5 Å². The molecule has 1 fully saturated rings. The molecule has 8 heteroatoms. The van der Waals surface area contributed by atoms with Crippen LogP contribution in [0.15, 0.2) is 23.9 Å². The molecule has 1 aliphatic rings. The van der Waals surface area contributed by atoms with Crippen molar-refractivity contribution in [2.75, 3.05) is 33.1 Å². The summed E-state index contributed by atoms with van der Waals surface area (Å²) in [7, 11) is 1.69. The molecule has 7 nitrogen and oxygen atoms in total. The number of hydrogen-bond acceptors (Lipinski definition) is 4. The van der Waals surface area contributed by atoms with E-state index < -0.39 is 5.41 Å². The molecule has 1 aliphatic heterocycles. The van der Waals surface area contributed by atoms with Gasteiger partial charge in [-0.25, -0.2) is 0 Å². The average Bonchev–Trinajstić information content (AvgIpc) is 2.72. The largest absolute Gasteiger partial charge is 0.412 e. The number of hydrogen-bond donors (Lipinski definition) is 3. The summed E-state index contributed by atoms with van der Waals surface area (Å²) in [5.41, 5.74) is 1.27. The lowest BCUT2D eigenvalue weighted by Gasteiger charge is -2.25. The second kappa shape index (κ2) is 30.1. The first-order valence-corrected chi connectivity index (χ1v) is 12.6. The lowest BCUT2D eigenvalue weighted by Crippen LogP contribution is -2.33. The first-order chi connectivity index (χ1) is 14.4. The van der Waals surface area contributed by atoms with Crippen molar-refractivity contribution in [1.82, 2.24) is 10.6 Å².